The number of primary amides is 1. The molecular formula is C26H25N3O. The number of imidazole rings is 1. The number of carbonyl (C=O) groups is 1. The van der Waals surface area contributed by atoms with Gasteiger partial charge in [-0.1, -0.05) is 69.3 Å². The molecule has 3 aromatic carbocycles. The van der Waals surface area contributed by atoms with Gasteiger partial charge in [0, 0.05) is 5.56 Å². The summed E-state index contributed by atoms with van der Waals surface area (Å²) in [6, 6.07) is 22.0. The number of nitrogens with two attached hydrogens (primary N) is 1. The number of nitrogens with zero attached hydrogens (tertiary/aromatic N) is 1. The fraction of sp³-hybridized carbons (Fsp3) is 0.154. The molecule has 1 heterocycles. The third-order valence-electron chi connectivity index (χ3n) is 5.21. The number of H-pyrrole nitrogens is 1. The number of hydrogen-bond acceptors (Lipinski definition) is 2. The maximum atomic E-state index is 11.3. The zero-order valence-corrected chi connectivity index (χ0v) is 17.4. The average molecular weight is 396 g/mol. The van der Waals surface area contributed by atoms with Crippen molar-refractivity contribution in [3.05, 3.63) is 89.2 Å². The van der Waals surface area contributed by atoms with Gasteiger partial charge in [-0.05, 0) is 58.0 Å². The smallest absolute Gasteiger partial charge is 0.248 e. The van der Waals surface area contributed by atoms with Crippen LogP contribution in [0.25, 0.3) is 34.3 Å². The third kappa shape index (κ3) is 4.18. The van der Waals surface area contributed by atoms with Crippen LogP contribution in [-0.4, -0.2) is 15.9 Å². The molecule has 150 valence electrons. The van der Waals surface area contributed by atoms with E-state index in [0.29, 0.717) is 5.56 Å². The van der Waals surface area contributed by atoms with E-state index in [9.17, 15) is 4.79 Å². The number of nitrogens with one attached hydrogen (secondary N) is 1. The Labute approximate surface area is 176 Å². The molecule has 1 amide bonds. The standard InChI is InChI=1S/C26H25N3O/c1-26(2,3)21-12-4-17(5-13-21)6-15-24-28-22-14-11-20(16-23(22)29-24)18-7-9-19(10-8-18)25(27)30/h4-16H,1-3H3,(H2,27,30)(H,28,29)/b15-6+. The van der Waals surface area contributed by atoms with Crippen molar-refractivity contribution < 1.29 is 4.79 Å². The number of benzene rings is 3. The highest BCUT2D eigenvalue weighted by Gasteiger charge is 2.12. The maximum absolute atomic E-state index is 11.3. The lowest BCUT2D eigenvalue weighted by molar-refractivity contribution is 0.100. The average Bonchev–Trinajstić information content (AvgIpc) is 3.14. The van der Waals surface area contributed by atoms with Crippen molar-refractivity contribution >= 4 is 29.1 Å². The number of aromatic nitrogens is 2. The van der Waals surface area contributed by atoms with Crippen LogP contribution in [0.5, 0.6) is 0 Å². The van der Waals surface area contributed by atoms with Crippen molar-refractivity contribution in [2.24, 2.45) is 5.73 Å². The molecule has 3 N–H and O–H groups in total. The molecule has 0 aliphatic heterocycles. The molecule has 0 fully saturated rings. The van der Waals surface area contributed by atoms with E-state index in [0.717, 1.165) is 33.5 Å². The summed E-state index contributed by atoms with van der Waals surface area (Å²) < 4.78 is 0. The zero-order chi connectivity index (χ0) is 21.3. The first-order chi connectivity index (χ1) is 14.3. The lowest BCUT2D eigenvalue weighted by Crippen LogP contribution is -2.10. The minimum atomic E-state index is -0.422. The molecule has 0 aliphatic rings. The third-order valence-corrected chi connectivity index (χ3v) is 5.21. The maximum Gasteiger partial charge on any atom is 0.248 e. The first kappa shape index (κ1) is 19.6. The number of amides is 1. The minimum Gasteiger partial charge on any atom is -0.366 e. The Bertz CT molecular complexity index is 1220. The number of fused-ring (bicyclic) bond motifs is 1. The summed E-state index contributed by atoms with van der Waals surface area (Å²) in [4.78, 5) is 19.3. The van der Waals surface area contributed by atoms with Crippen LogP contribution in [0.3, 0.4) is 0 Å². The highest BCUT2D eigenvalue weighted by molar-refractivity contribution is 5.93. The summed E-state index contributed by atoms with van der Waals surface area (Å²) in [7, 11) is 0. The normalized spacial score (nSPS) is 12.0. The Morgan fingerprint density at radius 2 is 1.57 bits per heavy atom. The molecular weight excluding hydrogens is 370 g/mol. The Kier molecular flexibility index (Phi) is 5.00. The van der Waals surface area contributed by atoms with Crippen LogP contribution >= 0.6 is 0 Å². The molecule has 4 nitrogen and oxygen atoms in total. The van der Waals surface area contributed by atoms with Crippen LogP contribution in [0.4, 0.5) is 0 Å². The molecule has 0 saturated heterocycles. The van der Waals surface area contributed by atoms with Crippen molar-refractivity contribution in [1.82, 2.24) is 9.97 Å². The molecule has 30 heavy (non-hydrogen) atoms. The van der Waals surface area contributed by atoms with E-state index >= 15 is 0 Å². The predicted octanol–water partition coefficient (Wildman–Crippen LogP) is 5.80. The topological polar surface area (TPSA) is 71.8 Å². The van der Waals surface area contributed by atoms with Gasteiger partial charge >= 0.3 is 0 Å². The van der Waals surface area contributed by atoms with Gasteiger partial charge in [0.05, 0.1) is 11.0 Å². The van der Waals surface area contributed by atoms with Crippen molar-refractivity contribution in [3.63, 3.8) is 0 Å². The van der Waals surface area contributed by atoms with Gasteiger partial charge in [0.1, 0.15) is 5.82 Å². The predicted molar refractivity (Wildman–Crippen MR) is 124 cm³/mol. The number of aromatic amines is 1. The van der Waals surface area contributed by atoms with Crippen LogP contribution < -0.4 is 5.73 Å². The molecule has 0 saturated carbocycles. The number of rotatable bonds is 4. The lowest BCUT2D eigenvalue weighted by Gasteiger charge is -2.18. The molecule has 0 aliphatic carbocycles. The first-order valence-electron chi connectivity index (χ1n) is 9.98. The van der Waals surface area contributed by atoms with Crippen LogP contribution in [0, 0.1) is 0 Å². The fourth-order valence-electron chi connectivity index (χ4n) is 3.38. The highest BCUT2D eigenvalue weighted by atomic mass is 16.1. The van der Waals surface area contributed by atoms with Crippen LogP contribution in [0.15, 0.2) is 66.7 Å². The van der Waals surface area contributed by atoms with Gasteiger partial charge in [0.15, 0.2) is 0 Å². The highest BCUT2D eigenvalue weighted by Crippen LogP contribution is 2.25. The van der Waals surface area contributed by atoms with Gasteiger partial charge in [-0.15, -0.1) is 0 Å². The Morgan fingerprint density at radius 3 is 2.20 bits per heavy atom. The molecule has 4 aromatic rings. The lowest BCUT2D eigenvalue weighted by atomic mass is 9.87. The second-order valence-electron chi connectivity index (χ2n) is 8.50. The Morgan fingerprint density at radius 1 is 0.900 bits per heavy atom. The molecule has 0 bridgehead atoms. The van der Waals surface area contributed by atoms with E-state index in [2.05, 4.69) is 56.1 Å². The molecule has 0 radical (unpaired) electrons. The molecule has 1 aromatic heterocycles. The quantitative estimate of drug-likeness (QED) is 0.458. The largest absolute Gasteiger partial charge is 0.366 e. The second kappa shape index (κ2) is 7.64. The molecule has 4 rings (SSSR count). The molecule has 0 unspecified atom stereocenters. The molecule has 0 atom stereocenters. The van der Waals surface area contributed by atoms with E-state index < -0.39 is 5.91 Å². The fourth-order valence-corrected chi connectivity index (χ4v) is 3.38. The summed E-state index contributed by atoms with van der Waals surface area (Å²) >= 11 is 0. The first-order valence-corrected chi connectivity index (χ1v) is 9.98. The van der Waals surface area contributed by atoms with Gasteiger partial charge in [-0.3, -0.25) is 4.79 Å². The van der Waals surface area contributed by atoms with Gasteiger partial charge < -0.3 is 10.7 Å². The van der Waals surface area contributed by atoms with Crippen LogP contribution in [-0.2, 0) is 5.41 Å². The van der Waals surface area contributed by atoms with Crippen molar-refractivity contribution in [2.75, 3.05) is 0 Å². The van der Waals surface area contributed by atoms with Gasteiger partial charge in [0.2, 0.25) is 5.91 Å². The van der Waals surface area contributed by atoms with Crippen molar-refractivity contribution in [2.45, 2.75) is 26.2 Å². The van der Waals surface area contributed by atoms with Crippen LogP contribution in [0.2, 0.25) is 0 Å². The Balaban J connectivity index is 1.56. The number of carbonyl (C=O) groups excluding carboxylic acids is 1. The summed E-state index contributed by atoms with van der Waals surface area (Å²) in [6.07, 6.45) is 4.06. The molecule has 4 heteroatoms. The second-order valence-corrected chi connectivity index (χ2v) is 8.50. The van der Waals surface area contributed by atoms with Gasteiger partial charge in [-0.2, -0.15) is 0 Å². The summed E-state index contributed by atoms with van der Waals surface area (Å²) in [5.41, 5.74) is 12.4. The monoisotopic (exact) mass is 395 g/mol. The van der Waals surface area contributed by atoms with E-state index in [1.54, 1.807) is 12.1 Å². The summed E-state index contributed by atoms with van der Waals surface area (Å²) in [5.74, 6) is 0.389. The van der Waals surface area contributed by atoms with E-state index in [1.807, 2.05) is 36.4 Å². The van der Waals surface area contributed by atoms with E-state index in [-0.39, 0.29) is 5.41 Å². The summed E-state index contributed by atoms with van der Waals surface area (Å²) in [5, 5.41) is 0. The van der Waals surface area contributed by atoms with Crippen molar-refractivity contribution in [3.8, 4) is 11.1 Å². The molecule has 0 spiro atoms. The SMILES string of the molecule is CC(C)(C)c1ccc(/C=C/c2nc3cc(-c4ccc(C(N)=O)cc4)ccc3[nH]2)cc1. The summed E-state index contributed by atoms with van der Waals surface area (Å²) in [6.45, 7) is 6.64. The Hall–Kier alpha value is -3.66. The van der Waals surface area contributed by atoms with E-state index in [1.165, 1.54) is 5.56 Å². The minimum absolute atomic E-state index is 0.152. The number of hydrogen-bond donors (Lipinski definition) is 2. The van der Waals surface area contributed by atoms with Gasteiger partial charge in [0.25, 0.3) is 0 Å². The van der Waals surface area contributed by atoms with E-state index in [4.69, 9.17) is 10.7 Å². The van der Waals surface area contributed by atoms with Crippen molar-refractivity contribution in [1.29, 1.82) is 0 Å². The van der Waals surface area contributed by atoms with Crippen LogP contribution in [0.1, 0.15) is 48.1 Å². The zero-order valence-electron chi connectivity index (χ0n) is 17.4. The van der Waals surface area contributed by atoms with Gasteiger partial charge in [-0.25, -0.2) is 4.98 Å².